The Labute approximate surface area is 203 Å². The van der Waals surface area contributed by atoms with E-state index in [1.54, 1.807) is 38.4 Å². The smallest absolute Gasteiger partial charge is 0.239 e. The largest absolute Gasteiger partial charge is 0.347 e. The molecule has 4 atom stereocenters. The molecule has 8 heteroatoms. The van der Waals surface area contributed by atoms with E-state index in [1.165, 1.54) is 11.0 Å². The predicted molar refractivity (Wildman–Crippen MR) is 129 cm³/mol. The standard InChI is InChI=1S/C25H28Cl2FN3O2/c1-24(2,3)12-18-25(15-10-9-13(26)11-17(15)29-23(25)33)19(21(30-18)22(32)31(4)5)14-7-6-8-16(27)20(14)28/h6-11,18-19,21,30H,12H2,1-5H3,(H,29,33)/t18-,19+,21-,25+/m1/s1. The van der Waals surface area contributed by atoms with E-state index >= 15 is 4.39 Å². The summed E-state index contributed by atoms with van der Waals surface area (Å²) in [5, 5.41) is 6.85. The van der Waals surface area contributed by atoms with Crippen LogP contribution < -0.4 is 10.6 Å². The first kappa shape index (κ1) is 24.0. The van der Waals surface area contributed by atoms with Crippen LogP contribution in [0.5, 0.6) is 0 Å². The van der Waals surface area contributed by atoms with Gasteiger partial charge < -0.3 is 15.5 Å². The van der Waals surface area contributed by atoms with Crippen LogP contribution in [-0.4, -0.2) is 42.9 Å². The van der Waals surface area contributed by atoms with Gasteiger partial charge in [-0.2, -0.15) is 0 Å². The lowest BCUT2D eigenvalue weighted by Crippen LogP contribution is -2.49. The number of fused-ring (bicyclic) bond motifs is 2. The molecule has 2 aliphatic heterocycles. The van der Waals surface area contributed by atoms with Crippen molar-refractivity contribution in [3.63, 3.8) is 0 Å². The molecule has 0 bridgehead atoms. The summed E-state index contributed by atoms with van der Waals surface area (Å²) < 4.78 is 15.5. The molecule has 4 rings (SSSR count). The summed E-state index contributed by atoms with van der Waals surface area (Å²) >= 11 is 12.4. The molecule has 2 heterocycles. The fourth-order valence-electron chi connectivity index (χ4n) is 5.42. The number of benzene rings is 2. The van der Waals surface area contributed by atoms with Gasteiger partial charge in [0.25, 0.3) is 0 Å². The summed E-state index contributed by atoms with van der Waals surface area (Å²) in [7, 11) is 3.31. The maximum absolute atomic E-state index is 15.5. The van der Waals surface area contributed by atoms with E-state index in [1.807, 2.05) is 6.07 Å². The second kappa shape index (κ2) is 8.26. The molecule has 0 saturated carbocycles. The van der Waals surface area contributed by atoms with Gasteiger partial charge in [-0.15, -0.1) is 0 Å². The van der Waals surface area contributed by atoms with Crippen molar-refractivity contribution < 1.29 is 14.0 Å². The van der Waals surface area contributed by atoms with Crippen molar-refractivity contribution >= 4 is 40.7 Å². The Balaban J connectivity index is 2.05. The van der Waals surface area contributed by atoms with E-state index in [0.29, 0.717) is 22.7 Å². The monoisotopic (exact) mass is 491 g/mol. The number of carbonyl (C=O) groups excluding carboxylic acids is 2. The van der Waals surface area contributed by atoms with Gasteiger partial charge in [-0.3, -0.25) is 9.59 Å². The van der Waals surface area contributed by atoms with Gasteiger partial charge in [-0.1, -0.05) is 62.2 Å². The van der Waals surface area contributed by atoms with E-state index in [2.05, 4.69) is 31.4 Å². The zero-order chi connectivity index (χ0) is 24.3. The first-order valence-corrected chi connectivity index (χ1v) is 11.7. The number of rotatable bonds is 3. The molecule has 0 unspecified atom stereocenters. The van der Waals surface area contributed by atoms with E-state index in [9.17, 15) is 9.59 Å². The van der Waals surface area contributed by atoms with Crippen LogP contribution in [0.2, 0.25) is 10.0 Å². The molecular weight excluding hydrogens is 464 g/mol. The number of likely N-dealkylation sites (N-methyl/N-ethyl adjacent to an activating group) is 1. The fourth-order valence-corrected chi connectivity index (χ4v) is 5.77. The summed E-state index contributed by atoms with van der Waals surface area (Å²) in [4.78, 5) is 28.8. The van der Waals surface area contributed by atoms with Crippen molar-refractivity contribution in [3.05, 3.63) is 63.4 Å². The van der Waals surface area contributed by atoms with Crippen molar-refractivity contribution in [1.29, 1.82) is 0 Å². The van der Waals surface area contributed by atoms with Crippen molar-refractivity contribution in [2.75, 3.05) is 19.4 Å². The third kappa shape index (κ3) is 3.82. The summed E-state index contributed by atoms with van der Waals surface area (Å²) in [6.45, 7) is 6.23. The zero-order valence-electron chi connectivity index (χ0n) is 19.3. The van der Waals surface area contributed by atoms with Crippen LogP contribution >= 0.6 is 23.2 Å². The molecule has 1 saturated heterocycles. The summed E-state index contributed by atoms with van der Waals surface area (Å²) in [5.41, 5.74) is 0.128. The van der Waals surface area contributed by atoms with E-state index in [4.69, 9.17) is 23.2 Å². The Morgan fingerprint density at radius 1 is 1.18 bits per heavy atom. The topological polar surface area (TPSA) is 61.4 Å². The van der Waals surface area contributed by atoms with Crippen molar-refractivity contribution in [2.24, 2.45) is 5.41 Å². The molecule has 5 nitrogen and oxygen atoms in total. The maximum atomic E-state index is 15.5. The average Bonchev–Trinajstić information content (AvgIpc) is 3.18. The van der Waals surface area contributed by atoms with Gasteiger partial charge in [0, 0.05) is 36.8 Å². The number of nitrogens with one attached hydrogen (secondary N) is 2. The second-order valence-corrected chi connectivity index (χ2v) is 11.2. The van der Waals surface area contributed by atoms with E-state index in [-0.39, 0.29) is 27.8 Å². The highest BCUT2D eigenvalue weighted by molar-refractivity contribution is 6.31. The molecular formula is C25H28Cl2FN3O2. The molecule has 2 aromatic carbocycles. The van der Waals surface area contributed by atoms with E-state index in [0.717, 1.165) is 0 Å². The second-order valence-electron chi connectivity index (χ2n) is 10.3. The molecule has 2 amide bonds. The number of carbonyl (C=O) groups is 2. The Bertz CT molecular complexity index is 1130. The molecule has 0 aliphatic carbocycles. The van der Waals surface area contributed by atoms with Crippen LogP contribution in [0.15, 0.2) is 36.4 Å². The first-order valence-electron chi connectivity index (χ1n) is 10.9. The number of hydrogen-bond donors (Lipinski definition) is 2. The third-order valence-corrected chi connectivity index (χ3v) is 7.17. The Morgan fingerprint density at radius 2 is 1.88 bits per heavy atom. The average molecular weight is 492 g/mol. The SMILES string of the molecule is CN(C)C(=O)[C@@H]1N[C@H](CC(C)(C)C)[C@]2(C(=O)Nc3cc(Cl)ccc32)[C@H]1c1cccc(Cl)c1F. The molecule has 0 radical (unpaired) electrons. The van der Waals surface area contributed by atoms with Crippen LogP contribution in [0, 0.1) is 11.2 Å². The first-order chi connectivity index (χ1) is 15.4. The van der Waals surface area contributed by atoms with Crippen molar-refractivity contribution in [3.8, 4) is 0 Å². The Kier molecular flexibility index (Phi) is 6.00. The zero-order valence-corrected chi connectivity index (χ0v) is 20.8. The normalized spacial score (nSPS) is 26.4. The summed E-state index contributed by atoms with van der Waals surface area (Å²) in [6.07, 6.45) is 0.582. The van der Waals surface area contributed by atoms with Gasteiger partial charge in [0.15, 0.2) is 0 Å². The van der Waals surface area contributed by atoms with Gasteiger partial charge in [-0.05, 0) is 41.2 Å². The van der Waals surface area contributed by atoms with Gasteiger partial charge in [-0.25, -0.2) is 4.39 Å². The molecule has 1 fully saturated rings. The summed E-state index contributed by atoms with van der Waals surface area (Å²) in [5.74, 6) is -1.94. The molecule has 2 aliphatic rings. The lowest BCUT2D eigenvalue weighted by atomic mass is 9.62. The minimum Gasteiger partial charge on any atom is -0.347 e. The number of nitrogens with zero attached hydrogens (tertiary/aromatic N) is 1. The van der Waals surface area contributed by atoms with Gasteiger partial charge >= 0.3 is 0 Å². The molecule has 33 heavy (non-hydrogen) atoms. The highest BCUT2D eigenvalue weighted by Gasteiger charge is 2.66. The van der Waals surface area contributed by atoms with Gasteiger partial charge in [0.2, 0.25) is 11.8 Å². The minimum atomic E-state index is -1.23. The van der Waals surface area contributed by atoms with Crippen LogP contribution in [0.4, 0.5) is 10.1 Å². The van der Waals surface area contributed by atoms with Crippen molar-refractivity contribution in [1.82, 2.24) is 10.2 Å². The Hall–Kier alpha value is -2.15. The lowest BCUT2D eigenvalue weighted by Gasteiger charge is -2.37. The van der Waals surface area contributed by atoms with Gasteiger partial charge in [0.1, 0.15) is 11.2 Å². The molecule has 0 aromatic heterocycles. The Morgan fingerprint density at radius 3 is 2.52 bits per heavy atom. The van der Waals surface area contributed by atoms with Crippen LogP contribution in [0.1, 0.15) is 44.2 Å². The van der Waals surface area contributed by atoms with Crippen LogP contribution in [0.25, 0.3) is 0 Å². The van der Waals surface area contributed by atoms with Crippen molar-refractivity contribution in [2.45, 2.75) is 50.6 Å². The number of anilines is 1. The van der Waals surface area contributed by atoms with E-state index < -0.39 is 29.2 Å². The molecule has 1 spiro atoms. The third-order valence-electron chi connectivity index (χ3n) is 6.65. The summed E-state index contributed by atoms with van der Waals surface area (Å²) in [6, 6.07) is 8.71. The highest BCUT2D eigenvalue weighted by Crippen LogP contribution is 2.57. The number of hydrogen-bond acceptors (Lipinski definition) is 3. The van der Waals surface area contributed by atoms with Gasteiger partial charge in [0.05, 0.1) is 11.1 Å². The minimum absolute atomic E-state index is 0.0484. The van der Waals surface area contributed by atoms with Crippen LogP contribution in [-0.2, 0) is 15.0 Å². The maximum Gasteiger partial charge on any atom is 0.239 e. The predicted octanol–water partition coefficient (Wildman–Crippen LogP) is 4.97. The lowest BCUT2D eigenvalue weighted by molar-refractivity contribution is -0.131. The highest BCUT2D eigenvalue weighted by atomic mass is 35.5. The number of amides is 2. The molecule has 2 aromatic rings. The molecule has 2 N–H and O–H groups in total. The van der Waals surface area contributed by atoms with Crippen LogP contribution in [0.3, 0.4) is 0 Å². The number of halogens is 3. The molecule has 176 valence electrons. The fraction of sp³-hybridized carbons (Fsp3) is 0.440. The quantitative estimate of drug-likeness (QED) is 0.636.